The highest BCUT2D eigenvalue weighted by atomic mass is 16.5. The summed E-state index contributed by atoms with van der Waals surface area (Å²) in [4.78, 5) is 32.9. The Morgan fingerprint density at radius 2 is 1.66 bits per heavy atom. The minimum Gasteiger partial charge on any atom is -0.497 e. The van der Waals surface area contributed by atoms with Gasteiger partial charge in [0.1, 0.15) is 22.8 Å². The van der Waals surface area contributed by atoms with E-state index < -0.39 is 5.54 Å². The lowest BCUT2D eigenvalue weighted by molar-refractivity contribution is -0.136. The number of nitrogens with zero attached hydrogens (tertiary/aromatic N) is 3. The molecule has 2 fully saturated rings. The largest absolute Gasteiger partial charge is 0.497 e. The van der Waals surface area contributed by atoms with Crippen molar-refractivity contribution in [2.24, 2.45) is 0 Å². The topological polar surface area (TPSA) is 80.8 Å². The van der Waals surface area contributed by atoms with Gasteiger partial charge in [-0.3, -0.25) is 14.6 Å². The molecule has 2 saturated heterocycles. The third-order valence-electron chi connectivity index (χ3n) is 7.34. The molecule has 0 bridgehead atoms. The Hall–Kier alpha value is -3.30. The highest BCUT2D eigenvalue weighted by Crippen LogP contribution is 2.39. The fraction of sp³-hybridized carbons (Fsp3) is 0.517. The molecule has 9 heteroatoms. The molecule has 0 aromatic heterocycles. The summed E-state index contributed by atoms with van der Waals surface area (Å²) in [5.41, 5.74) is 1.05. The average molecular weight is 526 g/mol. The number of hydrogen-bond donors (Lipinski definition) is 0. The number of imide groups is 1. The first-order valence-electron chi connectivity index (χ1n) is 13.3. The predicted octanol–water partition coefficient (Wildman–Crippen LogP) is 3.94. The van der Waals surface area contributed by atoms with E-state index in [4.69, 9.17) is 18.9 Å². The maximum atomic E-state index is 13.9. The highest BCUT2D eigenvalue weighted by molar-refractivity contribution is 6.07. The van der Waals surface area contributed by atoms with Gasteiger partial charge in [0.05, 0.1) is 33.5 Å². The van der Waals surface area contributed by atoms with E-state index in [1.807, 2.05) is 56.3 Å². The number of piperidine rings is 1. The van der Waals surface area contributed by atoms with Crippen LogP contribution in [0.1, 0.15) is 37.8 Å². The molecular formula is C29H39N3O6. The zero-order valence-corrected chi connectivity index (χ0v) is 22.9. The number of hydrogen-bond acceptors (Lipinski definition) is 7. The van der Waals surface area contributed by atoms with E-state index >= 15 is 0 Å². The predicted molar refractivity (Wildman–Crippen MR) is 144 cm³/mol. The highest BCUT2D eigenvalue weighted by Gasteiger charge is 2.57. The second-order valence-electron chi connectivity index (χ2n) is 9.61. The van der Waals surface area contributed by atoms with E-state index in [0.29, 0.717) is 64.6 Å². The lowest BCUT2D eigenvalue weighted by atomic mass is 9.85. The van der Waals surface area contributed by atoms with Gasteiger partial charge in [0.2, 0.25) is 0 Å². The Balaban J connectivity index is 1.51. The molecular weight excluding hydrogens is 486 g/mol. The van der Waals surface area contributed by atoms with E-state index in [-0.39, 0.29) is 18.5 Å². The quantitative estimate of drug-likeness (QED) is 0.389. The molecule has 0 saturated carbocycles. The zero-order chi connectivity index (χ0) is 27.1. The molecule has 2 aliphatic rings. The zero-order valence-electron chi connectivity index (χ0n) is 22.9. The van der Waals surface area contributed by atoms with E-state index in [1.54, 1.807) is 19.1 Å². The van der Waals surface area contributed by atoms with Crippen LogP contribution >= 0.6 is 0 Å². The van der Waals surface area contributed by atoms with Crippen LogP contribution < -0.4 is 14.2 Å². The summed E-state index contributed by atoms with van der Waals surface area (Å²) in [6.45, 7) is 8.12. The molecule has 9 nitrogen and oxygen atoms in total. The molecule has 0 radical (unpaired) electrons. The molecule has 2 aromatic rings. The molecule has 206 valence electrons. The molecule has 0 unspecified atom stereocenters. The lowest BCUT2D eigenvalue weighted by Crippen LogP contribution is -2.57. The Kier molecular flexibility index (Phi) is 9.12. The third-order valence-corrected chi connectivity index (χ3v) is 7.34. The summed E-state index contributed by atoms with van der Waals surface area (Å²) < 4.78 is 22.2. The number of likely N-dealkylation sites (tertiary alicyclic amines) is 1. The Labute approximate surface area is 225 Å². The number of carbonyl (C=O) groups is 2. The van der Waals surface area contributed by atoms with Gasteiger partial charge in [0.25, 0.3) is 5.91 Å². The Morgan fingerprint density at radius 3 is 2.34 bits per heavy atom. The van der Waals surface area contributed by atoms with E-state index in [1.165, 1.54) is 4.90 Å². The first kappa shape index (κ1) is 27.7. The van der Waals surface area contributed by atoms with Crippen LogP contribution in [0, 0.1) is 0 Å². The average Bonchev–Trinajstić information content (AvgIpc) is 3.11. The first-order valence-corrected chi connectivity index (χ1v) is 13.3. The fourth-order valence-electron chi connectivity index (χ4n) is 5.41. The SMILES string of the molecule is CCOc1ccc(OCC)c(CN2CCC3(CC2)C(=O)N(Cc2cccc(OC)c2)C(=O)N3CCOC)c1. The van der Waals surface area contributed by atoms with Crippen molar-refractivity contribution in [3.05, 3.63) is 53.6 Å². The molecule has 2 aromatic carbocycles. The Bertz CT molecular complexity index is 1120. The van der Waals surface area contributed by atoms with Crippen molar-refractivity contribution in [2.45, 2.75) is 45.3 Å². The number of rotatable bonds is 12. The van der Waals surface area contributed by atoms with Crippen molar-refractivity contribution in [2.75, 3.05) is 53.7 Å². The molecule has 2 aliphatic heterocycles. The summed E-state index contributed by atoms with van der Waals surface area (Å²) in [5, 5.41) is 0. The van der Waals surface area contributed by atoms with Crippen molar-refractivity contribution in [1.29, 1.82) is 0 Å². The van der Waals surface area contributed by atoms with Crippen LogP contribution in [-0.2, 0) is 22.6 Å². The van der Waals surface area contributed by atoms with Gasteiger partial charge in [-0.15, -0.1) is 0 Å². The Morgan fingerprint density at radius 1 is 0.895 bits per heavy atom. The van der Waals surface area contributed by atoms with Crippen LogP contribution in [0.3, 0.4) is 0 Å². The van der Waals surface area contributed by atoms with E-state index in [2.05, 4.69) is 4.90 Å². The maximum absolute atomic E-state index is 13.9. The van der Waals surface area contributed by atoms with Crippen LogP contribution in [0.5, 0.6) is 17.2 Å². The molecule has 38 heavy (non-hydrogen) atoms. The molecule has 4 rings (SSSR count). The summed E-state index contributed by atoms with van der Waals surface area (Å²) in [6, 6.07) is 13.1. The normalized spacial score (nSPS) is 17.4. The monoisotopic (exact) mass is 525 g/mol. The van der Waals surface area contributed by atoms with Crippen LogP contribution in [0.2, 0.25) is 0 Å². The van der Waals surface area contributed by atoms with E-state index in [0.717, 1.165) is 22.6 Å². The number of benzene rings is 2. The molecule has 2 heterocycles. The number of carbonyl (C=O) groups excluding carboxylic acids is 2. The number of urea groups is 1. The van der Waals surface area contributed by atoms with Crippen LogP contribution in [0.4, 0.5) is 4.79 Å². The summed E-state index contributed by atoms with van der Waals surface area (Å²) in [7, 11) is 3.21. The second kappa shape index (κ2) is 12.5. The van der Waals surface area contributed by atoms with Crippen molar-refractivity contribution >= 4 is 11.9 Å². The second-order valence-corrected chi connectivity index (χ2v) is 9.61. The third kappa shape index (κ3) is 5.73. The first-order chi connectivity index (χ1) is 18.4. The van der Waals surface area contributed by atoms with Gasteiger partial charge in [0.15, 0.2) is 0 Å². The minimum atomic E-state index is -0.860. The molecule has 0 aliphatic carbocycles. The number of methoxy groups -OCH3 is 2. The summed E-state index contributed by atoms with van der Waals surface area (Å²) >= 11 is 0. The molecule has 3 amide bonds. The standard InChI is InChI=1S/C29H39N3O6/c1-5-37-25-10-11-26(38-6-2)23(19-25)21-30-14-12-29(13-15-30)27(33)31(28(34)32(29)16-17-35-3)20-22-8-7-9-24(18-22)36-4/h7-11,18-19H,5-6,12-17,20-21H2,1-4H3. The van der Waals surface area contributed by atoms with Gasteiger partial charge in [-0.1, -0.05) is 12.1 Å². The molecule has 0 atom stereocenters. The summed E-state index contributed by atoms with van der Waals surface area (Å²) in [5.74, 6) is 2.22. The lowest BCUT2D eigenvalue weighted by Gasteiger charge is -2.42. The number of amides is 3. The van der Waals surface area contributed by atoms with Gasteiger partial charge in [0, 0.05) is 38.9 Å². The van der Waals surface area contributed by atoms with E-state index in [9.17, 15) is 9.59 Å². The fourth-order valence-corrected chi connectivity index (χ4v) is 5.41. The van der Waals surface area contributed by atoms with Crippen LogP contribution in [0.25, 0.3) is 0 Å². The van der Waals surface area contributed by atoms with Crippen molar-refractivity contribution < 1.29 is 28.5 Å². The molecule has 1 spiro atoms. The van der Waals surface area contributed by atoms with Gasteiger partial charge in [-0.2, -0.15) is 0 Å². The van der Waals surface area contributed by atoms with Crippen LogP contribution in [0.15, 0.2) is 42.5 Å². The van der Waals surface area contributed by atoms with Gasteiger partial charge < -0.3 is 23.8 Å². The van der Waals surface area contributed by atoms with Gasteiger partial charge in [-0.05, 0) is 62.6 Å². The van der Waals surface area contributed by atoms with Crippen molar-refractivity contribution in [3.63, 3.8) is 0 Å². The van der Waals surface area contributed by atoms with Crippen molar-refractivity contribution in [1.82, 2.24) is 14.7 Å². The maximum Gasteiger partial charge on any atom is 0.328 e. The van der Waals surface area contributed by atoms with Gasteiger partial charge in [-0.25, -0.2) is 4.79 Å². The smallest absolute Gasteiger partial charge is 0.328 e. The van der Waals surface area contributed by atoms with Crippen molar-refractivity contribution in [3.8, 4) is 17.2 Å². The summed E-state index contributed by atoms with van der Waals surface area (Å²) in [6.07, 6.45) is 1.12. The van der Waals surface area contributed by atoms with Crippen LogP contribution in [-0.4, -0.2) is 85.9 Å². The number of ether oxygens (including phenoxy) is 4. The minimum absolute atomic E-state index is 0.130. The molecule has 0 N–H and O–H groups in total. The van der Waals surface area contributed by atoms with Gasteiger partial charge >= 0.3 is 6.03 Å².